The molecular formula is C27H36FNO2. The van der Waals surface area contributed by atoms with Crippen molar-refractivity contribution in [3.8, 4) is 11.6 Å². The summed E-state index contributed by atoms with van der Waals surface area (Å²) in [5.41, 5.74) is 0.820. The van der Waals surface area contributed by atoms with Gasteiger partial charge in [0.25, 0.3) is 0 Å². The summed E-state index contributed by atoms with van der Waals surface area (Å²) in [6.45, 7) is 5.64. The Morgan fingerprint density at radius 1 is 0.645 bits per heavy atom. The average Bonchev–Trinajstić information content (AvgIpc) is 2.79. The van der Waals surface area contributed by atoms with Gasteiger partial charge in [0.2, 0.25) is 5.88 Å². The van der Waals surface area contributed by atoms with Gasteiger partial charge in [0.1, 0.15) is 0 Å². The first-order valence-corrected chi connectivity index (χ1v) is 12.0. The van der Waals surface area contributed by atoms with E-state index in [2.05, 4.69) is 18.8 Å². The third-order valence-electron chi connectivity index (χ3n) is 5.74. The van der Waals surface area contributed by atoms with Crippen molar-refractivity contribution in [1.82, 2.24) is 4.98 Å². The molecule has 3 nitrogen and oxygen atoms in total. The topological polar surface area (TPSA) is 31.4 Å². The predicted molar refractivity (Wildman–Crippen MR) is 128 cm³/mol. The standard InChI is InChI=1S/C27H36FNO2/c1-3-5-7-9-10-12-20-31-26-18-15-22-21-14-17-25(30-19-11-8-6-4-2)27(28)23(21)13-16-24(22)29-26/h13-18H,3-12,19-20H2,1-2H3. The molecule has 0 radical (unpaired) electrons. The molecule has 1 aromatic heterocycles. The van der Waals surface area contributed by atoms with Crippen molar-refractivity contribution in [2.75, 3.05) is 13.2 Å². The largest absolute Gasteiger partial charge is 0.490 e. The number of hydrogen-bond acceptors (Lipinski definition) is 3. The first kappa shape index (κ1) is 23.3. The average molecular weight is 426 g/mol. The Morgan fingerprint density at radius 3 is 2.03 bits per heavy atom. The molecule has 0 aliphatic carbocycles. The van der Waals surface area contributed by atoms with Gasteiger partial charge in [-0.25, -0.2) is 9.37 Å². The summed E-state index contributed by atoms with van der Waals surface area (Å²) < 4.78 is 26.5. The van der Waals surface area contributed by atoms with Gasteiger partial charge in [-0.15, -0.1) is 0 Å². The lowest BCUT2D eigenvalue weighted by Gasteiger charge is -2.11. The maximum atomic E-state index is 15.0. The molecule has 3 rings (SSSR count). The van der Waals surface area contributed by atoms with E-state index in [0.717, 1.165) is 35.6 Å². The number of aromatic nitrogens is 1. The van der Waals surface area contributed by atoms with E-state index in [0.29, 0.717) is 30.2 Å². The van der Waals surface area contributed by atoms with E-state index in [1.807, 2.05) is 24.3 Å². The van der Waals surface area contributed by atoms with Gasteiger partial charge in [-0.1, -0.05) is 65.2 Å². The molecule has 0 saturated carbocycles. The summed E-state index contributed by atoms with van der Waals surface area (Å²) in [5.74, 6) is 0.668. The van der Waals surface area contributed by atoms with E-state index in [4.69, 9.17) is 9.47 Å². The maximum absolute atomic E-state index is 15.0. The highest BCUT2D eigenvalue weighted by Gasteiger charge is 2.12. The summed E-state index contributed by atoms with van der Waals surface area (Å²) in [7, 11) is 0. The fourth-order valence-corrected chi connectivity index (χ4v) is 3.91. The lowest BCUT2D eigenvalue weighted by molar-refractivity contribution is 0.292. The van der Waals surface area contributed by atoms with Crippen molar-refractivity contribution in [2.45, 2.75) is 78.1 Å². The van der Waals surface area contributed by atoms with Crippen LogP contribution in [0, 0.1) is 5.82 Å². The molecule has 0 bridgehead atoms. The smallest absolute Gasteiger partial charge is 0.213 e. The lowest BCUT2D eigenvalue weighted by atomic mass is 10.0. The van der Waals surface area contributed by atoms with Crippen LogP contribution in [0.5, 0.6) is 11.6 Å². The molecule has 0 unspecified atom stereocenters. The Labute approximate surface area is 186 Å². The maximum Gasteiger partial charge on any atom is 0.213 e. The number of unbranched alkanes of at least 4 members (excludes halogenated alkanes) is 8. The second kappa shape index (κ2) is 12.5. The van der Waals surface area contributed by atoms with Gasteiger partial charge < -0.3 is 9.47 Å². The van der Waals surface area contributed by atoms with Gasteiger partial charge >= 0.3 is 0 Å². The van der Waals surface area contributed by atoms with E-state index in [1.54, 1.807) is 12.1 Å². The molecule has 2 aromatic carbocycles. The molecular weight excluding hydrogens is 389 g/mol. The zero-order valence-corrected chi connectivity index (χ0v) is 19.1. The van der Waals surface area contributed by atoms with Crippen molar-refractivity contribution in [3.05, 3.63) is 42.2 Å². The number of fused-ring (bicyclic) bond motifs is 3. The van der Waals surface area contributed by atoms with E-state index in [9.17, 15) is 4.39 Å². The van der Waals surface area contributed by atoms with Crippen LogP contribution >= 0.6 is 0 Å². The van der Waals surface area contributed by atoms with Crippen LogP contribution in [-0.2, 0) is 0 Å². The van der Waals surface area contributed by atoms with E-state index in [1.165, 1.54) is 44.9 Å². The number of hydrogen-bond donors (Lipinski definition) is 0. The predicted octanol–water partition coefficient (Wildman–Crippen LogP) is 8.23. The summed E-state index contributed by atoms with van der Waals surface area (Å²) >= 11 is 0. The molecule has 31 heavy (non-hydrogen) atoms. The zero-order chi connectivity index (χ0) is 21.9. The SMILES string of the molecule is CCCCCCCCOc1ccc2c(ccc3c(F)c(OCCCCCC)ccc32)n1. The second-order valence-electron chi connectivity index (χ2n) is 8.28. The van der Waals surface area contributed by atoms with E-state index >= 15 is 0 Å². The normalized spacial score (nSPS) is 11.3. The van der Waals surface area contributed by atoms with Crippen LogP contribution in [0.1, 0.15) is 78.1 Å². The fourth-order valence-electron chi connectivity index (χ4n) is 3.91. The number of halogens is 1. The third-order valence-corrected chi connectivity index (χ3v) is 5.74. The minimum absolute atomic E-state index is 0.293. The van der Waals surface area contributed by atoms with Crippen molar-refractivity contribution in [1.29, 1.82) is 0 Å². The molecule has 3 aromatic rings. The minimum Gasteiger partial charge on any atom is -0.490 e. The van der Waals surface area contributed by atoms with Crippen molar-refractivity contribution in [2.24, 2.45) is 0 Å². The molecule has 1 heterocycles. The molecule has 168 valence electrons. The number of rotatable bonds is 14. The minimum atomic E-state index is -0.293. The van der Waals surface area contributed by atoms with Crippen LogP contribution in [0.25, 0.3) is 21.7 Å². The molecule has 0 amide bonds. The number of ether oxygens (including phenoxy) is 2. The van der Waals surface area contributed by atoms with Crippen molar-refractivity contribution < 1.29 is 13.9 Å². The van der Waals surface area contributed by atoms with Gasteiger partial charge in [-0.05, 0) is 48.6 Å². The summed E-state index contributed by atoms with van der Waals surface area (Å²) in [6.07, 6.45) is 11.8. The molecule has 4 heteroatoms. The number of nitrogens with zero attached hydrogens (tertiary/aromatic N) is 1. The van der Waals surface area contributed by atoms with E-state index in [-0.39, 0.29) is 5.82 Å². The first-order valence-electron chi connectivity index (χ1n) is 12.0. The Bertz CT molecular complexity index is 957. The Hall–Kier alpha value is -2.36. The van der Waals surface area contributed by atoms with Crippen molar-refractivity contribution in [3.63, 3.8) is 0 Å². The monoisotopic (exact) mass is 425 g/mol. The Kier molecular flexibility index (Phi) is 9.39. The molecule has 0 aliphatic heterocycles. The molecule has 0 N–H and O–H groups in total. The second-order valence-corrected chi connectivity index (χ2v) is 8.28. The fraction of sp³-hybridized carbons (Fsp3) is 0.519. The third kappa shape index (κ3) is 6.56. The highest BCUT2D eigenvalue weighted by molar-refractivity contribution is 6.06. The van der Waals surface area contributed by atoms with E-state index < -0.39 is 0 Å². The number of benzene rings is 2. The van der Waals surface area contributed by atoms with Crippen LogP contribution in [0.3, 0.4) is 0 Å². The van der Waals surface area contributed by atoms with Gasteiger partial charge in [0, 0.05) is 16.8 Å². The highest BCUT2D eigenvalue weighted by Crippen LogP contribution is 2.32. The van der Waals surface area contributed by atoms with Crippen LogP contribution < -0.4 is 9.47 Å². The van der Waals surface area contributed by atoms with Gasteiger partial charge in [0.05, 0.1) is 18.7 Å². The van der Waals surface area contributed by atoms with Gasteiger partial charge in [-0.2, -0.15) is 0 Å². The Balaban J connectivity index is 1.63. The highest BCUT2D eigenvalue weighted by atomic mass is 19.1. The Morgan fingerprint density at radius 2 is 1.26 bits per heavy atom. The molecule has 0 spiro atoms. The first-order chi connectivity index (χ1) is 15.2. The van der Waals surface area contributed by atoms with Crippen molar-refractivity contribution >= 4 is 21.7 Å². The van der Waals surface area contributed by atoms with Crippen LogP contribution in [0.2, 0.25) is 0 Å². The van der Waals surface area contributed by atoms with Gasteiger partial charge in [-0.3, -0.25) is 0 Å². The summed E-state index contributed by atoms with van der Waals surface area (Å²) in [5, 5.41) is 2.35. The quantitative estimate of drug-likeness (QED) is 0.192. The van der Waals surface area contributed by atoms with Crippen LogP contribution in [0.15, 0.2) is 36.4 Å². The van der Waals surface area contributed by atoms with Crippen LogP contribution in [-0.4, -0.2) is 18.2 Å². The molecule has 0 atom stereocenters. The molecule has 0 fully saturated rings. The summed E-state index contributed by atoms with van der Waals surface area (Å²) in [4.78, 5) is 4.63. The number of pyridine rings is 1. The summed E-state index contributed by atoms with van der Waals surface area (Å²) in [6, 6.07) is 11.2. The molecule has 0 saturated heterocycles. The lowest BCUT2D eigenvalue weighted by Crippen LogP contribution is -2.00. The van der Waals surface area contributed by atoms with Gasteiger partial charge in [0.15, 0.2) is 11.6 Å². The molecule has 0 aliphatic rings. The zero-order valence-electron chi connectivity index (χ0n) is 19.1. The van der Waals surface area contributed by atoms with Crippen LogP contribution in [0.4, 0.5) is 4.39 Å².